The fraction of sp³-hybridized carbons (Fsp3) is 0.0526. The highest BCUT2D eigenvalue weighted by atomic mass is 35.5. The van der Waals surface area contributed by atoms with Gasteiger partial charge in [0.15, 0.2) is 11.7 Å². The zero-order valence-electron chi connectivity index (χ0n) is 13.8. The molecule has 0 radical (unpaired) electrons. The number of hydrogen-bond acceptors (Lipinski definition) is 3. The molecular formula is C19H13Cl3N2O2S. The van der Waals surface area contributed by atoms with Crippen LogP contribution in [0.1, 0.15) is 0 Å². The third-order valence-electron chi connectivity index (χ3n) is 3.62. The van der Waals surface area contributed by atoms with E-state index in [0.717, 1.165) is 10.8 Å². The van der Waals surface area contributed by atoms with Crippen LogP contribution in [0.25, 0.3) is 10.8 Å². The van der Waals surface area contributed by atoms with Crippen molar-refractivity contribution in [3.63, 3.8) is 0 Å². The standard InChI is InChI=1S/C19H13Cl3N2O2S/c20-13-8-15(22)16(9-14(13)21)23-19(27)24-18(25)10-26-17-7-3-5-11-4-1-2-6-12(11)17/h1-9H,10H2,(H2,23,24,25,27). The Morgan fingerprint density at radius 3 is 2.48 bits per heavy atom. The molecule has 3 aromatic rings. The summed E-state index contributed by atoms with van der Waals surface area (Å²) in [7, 11) is 0. The first kappa shape index (κ1) is 19.7. The maximum absolute atomic E-state index is 12.1. The minimum absolute atomic E-state index is 0.0711. The SMILES string of the molecule is O=C(COc1cccc2ccccc12)NC(=S)Nc1cc(Cl)c(Cl)cc1Cl. The monoisotopic (exact) mass is 438 g/mol. The van der Waals surface area contributed by atoms with E-state index in [4.69, 9.17) is 51.8 Å². The van der Waals surface area contributed by atoms with Crippen LogP contribution in [0, 0.1) is 0 Å². The molecule has 0 aliphatic carbocycles. The molecule has 0 spiro atoms. The molecule has 0 saturated carbocycles. The number of thiocarbonyl (C=S) groups is 1. The molecule has 0 atom stereocenters. The van der Waals surface area contributed by atoms with Crippen LogP contribution in [0.4, 0.5) is 5.69 Å². The summed E-state index contributed by atoms with van der Waals surface area (Å²) in [4.78, 5) is 12.1. The first-order chi connectivity index (χ1) is 12.9. The topological polar surface area (TPSA) is 50.4 Å². The molecule has 2 N–H and O–H groups in total. The van der Waals surface area contributed by atoms with Gasteiger partial charge >= 0.3 is 0 Å². The normalized spacial score (nSPS) is 10.5. The molecule has 0 fully saturated rings. The number of rotatable bonds is 4. The van der Waals surface area contributed by atoms with Gasteiger partial charge in [-0.15, -0.1) is 0 Å². The van der Waals surface area contributed by atoms with E-state index in [2.05, 4.69) is 10.6 Å². The highest BCUT2D eigenvalue weighted by Crippen LogP contribution is 2.32. The molecule has 8 heteroatoms. The molecular weight excluding hydrogens is 427 g/mol. The number of ether oxygens (including phenoxy) is 1. The van der Waals surface area contributed by atoms with Gasteiger partial charge in [-0.3, -0.25) is 10.1 Å². The summed E-state index contributed by atoms with van der Waals surface area (Å²) >= 11 is 23.0. The van der Waals surface area contributed by atoms with Gasteiger partial charge < -0.3 is 10.1 Å². The Bertz CT molecular complexity index is 1020. The van der Waals surface area contributed by atoms with Gasteiger partial charge in [-0.1, -0.05) is 71.2 Å². The average Bonchev–Trinajstić information content (AvgIpc) is 2.64. The Morgan fingerprint density at radius 1 is 0.963 bits per heavy atom. The largest absolute Gasteiger partial charge is 0.483 e. The van der Waals surface area contributed by atoms with Gasteiger partial charge in [-0.2, -0.15) is 0 Å². The maximum Gasteiger partial charge on any atom is 0.264 e. The third-order valence-corrected chi connectivity index (χ3v) is 4.86. The van der Waals surface area contributed by atoms with Crippen LogP contribution in [0.15, 0.2) is 54.6 Å². The molecule has 138 valence electrons. The molecule has 0 bridgehead atoms. The minimum atomic E-state index is -0.406. The number of carbonyl (C=O) groups is 1. The van der Waals surface area contributed by atoms with E-state index >= 15 is 0 Å². The van der Waals surface area contributed by atoms with Gasteiger partial charge in [0.25, 0.3) is 5.91 Å². The molecule has 27 heavy (non-hydrogen) atoms. The van der Waals surface area contributed by atoms with Gasteiger partial charge in [0.1, 0.15) is 5.75 Å². The van der Waals surface area contributed by atoms with E-state index in [1.807, 2.05) is 42.5 Å². The second-order valence-electron chi connectivity index (χ2n) is 5.51. The van der Waals surface area contributed by atoms with Crippen LogP contribution in [0.5, 0.6) is 5.75 Å². The number of benzene rings is 3. The predicted octanol–water partition coefficient (Wildman–Crippen LogP) is 5.69. The zero-order valence-corrected chi connectivity index (χ0v) is 16.8. The summed E-state index contributed by atoms with van der Waals surface area (Å²) < 4.78 is 5.63. The summed E-state index contributed by atoms with van der Waals surface area (Å²) in [5.74, 6) is 0.214. The van der Waals surface area contributed by atoms with E-state index in [0.29, 0.717) is 26.5 Å². The number of hydrogen-bond donors (Lipinski definition) is 2. The van der Waals surface area contributed by atoms with Crippen molar-refractivity contribution in [2.24, 2.45) is 0 Å². The van der Waals surface area contributed by atoms with Crippen molar-refractivity contribution >= 4 is 74.5 Å². The number of amides is 1. The fourth-order valence-electron chi connectivity index (χ4n) is 2.40. The van der Waals surface area contributed by atoms with Gasteiger partial charge in [0, 0.05) is 5.39 Å². The Balaban J connectivity index is 1.59. The number of halogens is 3. The fourth-order valence-corrected chi connectivity index (χ4v) is 3.22. The van der Waals surface area contributed by atoms with E-state index in [1.165, 1.54) is 12.1 Å². The van der Waals surface area contributed by atoms with Gasteiger partial charge in [-0.25, -0.2) is 0 Å². The van der Waals surface area contributed by atoms with Crippen molar-refractivity contribution in [3.8, 4) is 5.75 Å². The van der Waals surface area contributed by atoms with Gasteiger partial charge in [-0.05, 0) is 35.8 Å². The van der Waals surface area contributed by atoms with Crippen LogP contribution in [-0.4, -0.2) is 17.6 Å². The lowest BCUT2D eigenvalue weighted by Crippen LogP contribution is -2.37. The second-order valence-corrected chi connectivity index (χ2v) is 7.14. The van der Waals surface area contributed by atoms with Crippen LogP contribution < -0.4 is 15.4 Å². The third kappa shape index (κ3) is 5.02. The average molecular weight is 440 g/mol. The molecule has 4 nitrogen and oxygen atoms in total. The number of nitrogens with one attached hydrogen (secondary N) is 2. The highest BCUT2D eigenvalue weighted by Gasteiger charge is 2.11. The summed E-state index contributed by atoms with van der Waals surface area (Å²) in [6.07, 6.45) is 0. The van der Waals surface area contributed by atoms with Gasteiger partial charge in [0.2, 0.25) is 0 Å². The number of anilines is 1. The van der Waals surface area contributed by atoms with E-state index in [9.17, 15) is 4.79 Å². The first-order valence-electron chi connectivity index (χ1n) is 7.80. The summed E-state index contributed by atoms with van der Waals surface area (Å²) in [6.45, 7) is -0.190. The van der Waals surface area contributed by atoms with Crippen molar-refractivity contribution in [1.82, 2.24) is 5.32 Å². The lowest BCUT2D eigenvalue weighted by molar-refractivity contribution is -0.121. The van der Waals surface area contributed by atoms with Crippen molar-refractivity contribution in [2.75, 3.05) is 11.9 Å². The predicted molar refractivity (Wildman–Crippen MR) is 115 cm³/mol. The van der Waals surface area contributed by atoms with E-state index < -0.39 is 5.91 Å². The van der Waals surface area contributed by atoms with Crippen LogP contribution in [0.3, 0.4) is 0 Å². The summed E-state index contributed by atoms with van der Waals surface area (Å²) in [6, 6.07) is 16.4. The molecule has 0 aromatic heterocycles. The van der Waals surface area contributed by atoms with Gasteiger partial charge in [0.05, 0.1) is 20.8 Å². The number of fused-ring (bicyclic) bond motifs is 1. The van der Waals surface area contributed by atoms with E-state index in [-0.39, 0.29) is 11.7 Å². The van der Waals surface area contributed by atoms with E-state index in [1.54, 1.807) is 0 Å². The number of carbonyl (C=O) groups excluding carboxylic acids is 1. The van der Waals surface area contributed by atoms with Crippen LogP contribution >= 0.6 is 47.0 Å². The molecule has 0 unspecified atom stereocenters. The molecule has 1 amide bonds. The molecule has 0 aliphatic heterocycles. The van der Waals surface area contributed by atoms with Crippen molar-refractivity contribution in [3.05, 3.63) is 69.7 Å². The minimum Gasteiger partial charge on any atom is -0.483 e. The summed E-state index contributed by atoms with van der Waals surface area (Å²) in [5.41, 5.74) is 0.436. The second kappa shape index (κ2) is 8.76. The van der Waals surface area contributed by atoms with Crippen LogP contribution in [0.2, 0.25) is 15.1 Å². The van der Waals surface area contributed by atoms with Crippen molar-refractivity contribution in [1.29, 1.82) is 0 Å². The zero-order chi connectivity index (χ0) is 19.4. The van der Waals surface area contributed by atoms with Crippen LogP contribution in [-0.2, 0) is 4.79 Å². The summed E-state index contributed by atoms with van der Waals surface area (Å²) in [5, 5.41) is 8.33. The first-order valence-corrected chi connectivity index (χ1v) is 9.34. The Morgan fingerprint density at radius 2 is 1.67 bits per heavy atom. The smallest absolute Gasteiger partial charge is 0.264 e. The Hall–Kier alpha value is -2.05. The quantitative estimate of drug-likeness (QED) is 0.405. The molecule has 3 rings (SSSR count). The van der Waals surface area contributed by atoms with Crippen molar-refractivity contribution in [2.45, 2.75) is 0 Å². The Labute approximate surface area is 176 Å². The lowest BCUT2D eigenvalue weighted by atomic mass is 10.1. The molecule has 3 aromatic carbocycles. The van der Waals surface area contributed by atoms with Crippen molar-refractivity contribution < 1.29 is 9.53 Å². The lowest BCUT2D eigenvalue weighted by Gasteiger charge is -2.13. The maximum atomic E-state index is 12.1. The highest BCUT2D eigenvalue weighted by molar-refractivity contribution is 7.80. The Kier molecular flexibility index (Phi) is 6.39. The molecule has 0 saturated heterocycles. The molecule has 0 heterocycles. The molecule has 0 aliphatic rings.